The third-order valence-electron chi connectivity index (χ3n) is 2.57. The van der Waals surface area contributed by atoms with Crippen LogP contribution < -0.4 is 5.32 Å². The number of carbonyl (C=O) groups is 1. The Morgan fingerprint density at radius 3 is 2.61 bits per heavy atom. The van der Waals surface area contributed by atoms with E-state index >= 15 is 0 Å². The van der Waals surface area contributed by atoms with Gasteiger partial charge in [-0.25, -0.2) is 0 Å². The number of hydrogen-bond acceptors (Lipinski definition) is 3. The molecular formula is C14H17NOS2. The molecule has 0 aliphatic carbocycles. The molecule has 96 valence electrons. The van der Waals surface area contributed by atoms with Crippen molar-refractivity contribution in [3.63, 3.8) is 0 Å². The van der Waals surface area contributed by atoms with E-state index in [9.17, 15) is 4.79 Å². The molecule has 2 rings (SSSR count). The van der Waals surface area contributed by atoms with Crippen LogP contribution in [0.1, 0.15) is 40.2 Å². The van der Waals surface area contributed by atoms with Gasteiger partial charge in [0.25, 0.3) is 5.91 Å². The summed E-state index contributed by atoms with van der Waals surface area (Å²) in [4.78, 5) is 15.2. The second-order valence-electron chi connectivity index (χ2n) is 5.18. The molecule has 0 fully saturated rings. The van der Waals surface area contributed by atoms with Gasteiger partial charge in [-0.2, -0.15) is 0 Å². The molecule has 0 aliphatic rings. The van der Waals surface area contributed by atoms with Gasteiger partial charge in [-0.15, -0.1) is 22.7 Å². The molecule has 0 saturated heterocycles. The lowest BCUT2D eigenvalue weighted by atomic mass is 9.95. The zero-order chi connectivity index (χ0) is 13.2. The van der Waals surface area contributed by atoms with Gasteiger partial charge >= 0.3 is 0 Å². The van der Waals surface area contributed by atoms with Crippen LogP contribution in [0.2, 0.25) is 0 Å². The molecule has 0 aromatic carbocycles. The van der Waals surface area contributed by atoms with E-state index in [2.05, 4.69) is 26.1 Å². The minimum Gasteiger partial charge on any atom is -0.346 e. The first kappa shape index (κ1) is 13.3. The second kappa shape index (κ2) is 5.24. The summed E-state index contributed by atoms with van der Waals surface area (Å²) >= 11 is 3.23. The highest BCUT2D eigenvalue weighted by Gasteiger charge is 2.18. The molecule has 2 aromatic rings. The Balaban J connectivity index is 1.99. The predicted octanol–water partition coefficient (Wildman–Crippen LogP) is 4.04. The Morgan fingerprint density at radius 2 is 2.06 bits per heavy atom. The van der Waals surface area contributed by atoms with Crippen molar-refractivity contribution >= 4 is 28.6 Å². The molecule has 2 heterocycles. The van der Waals surface area contributed by atoms with Gasteiger partial charge in [0.2, 0.25) is 0 Å². The highest BCUT2D eigenvalue weighted by Crippen LogP contribution is 2.29. The van der Waals surface area contributed by atoms with E-state index in [-0.39, 0.29) is 11.3 Å². The topological polar surface area (TPSA) is 29.1 Å². The lowest BCUT2D eigenvalue weighted by molar-refractivity contribution is 0.0955. The molecule has 0 saturated carbocycles. The standard InChI is InChI=1S/C14H17NOS2/c1-14(2,3)12-7-6-11(18-12)13(16)15-9-10-5-4-8-17-10/h4-8H,9H2,1-3H3,(H,15,16). The maximum Gasteiger partial charge on any atom is 0.261 e. The summed E-state index contributed by atoms with van der Waals surface area (Å²) < 4.78 is 0. The monoisotopic (exact) mass is 279 g/mol. The minimum absolute atomic E-state index is 0.0175. The van der Waals surface area contributed by atoms with Gasteiger partial charge in [-0.1, -0.05) is 26.8 Å². The number of hydrogen-bond donors (Lipinski definition) is 1. The Bertz CT molecular complexity index is 520. The summed E-state index contributed by atoms with van der Waals surface area (Å²) in [5, 5.41) is 4.97. The highest BCUT2D eigenvalue weighted by molar-refractivity contribution is 7.14. The predicted molar refractivity (Wildman–Crippen MR) is 78.5 cm³/mol. The van der Waals surface area contributed by atoms with Gasteiger partial charge in [0.05, 0.1) is 11.4 Å². The fraction of sp³-hybridized carbons (Fsp3) is 0.357. The Labute approximate surface area is 116 Å². The molecule has 0 atom stereocenters. The summed E-state index contributed by atoms with van der Waals surface area (Å²) in [6.45, 7) is 7.09. The summed E-state index contributed by atoms with van der Waals surface area (Å²) in [6.07, 6.45) is 0. The molecule has 0 aliphatic heterocycles. The summed E-state index contributed by atoms with van der Waals surface area (Å²) in [7, 11) is 0. The van der Waals surface area contributed by atoms with Crippen molar-refractivity contribution in [2.24, 2.45) is 0 Å². The average Bonchev–Trinajstić information content (AvgIpc) is 2.96. The van der Waals surface area contributed by atoms with Gasteiger partial charge in [0.15, 0.2) is 0 Å². The van der Waals surface area contributed by atoms with E-state index in [0.717, 1.165) is 4.88 Å². The van der Waals surface area contributed by atoms with E-state index in [1.807, 2.05) is 29.6 Å². The number of carbonyl (C=O) groups excluding carboxylic acids is 1. The van der Waals surface area contributed by atoms with Crippen molar-refractivity contribution < 1.29 is 4.79 Å². The zero-order valence-electron chi connectivity index (χ0n) is 10.8. The van der Waals surface area contributed by atoms with Gasteiger partial charge < -0.3 is 5.32 Å². The average molecular weight is 279 g/mol. The van der Waals surface area contributed by atoms with Crippen molar-refractivity contribution in [3.8, 4) is 0 Å². The molecular weight excluding hydrogens is 262 g/mol. The molecule has 1 N–H and O–H groups in total. The lowest BCUT2D eigenvalue weighted by Gasteiger charge is -2.15. The van der Waals surface area contributed by atoms with E-state index in [1.54, 1.807) is 22.7 Å². The summed E-state index contributed by atoms with van der Waals surface area (Å²) in [5.74, 6) is 0.0175. The first-order chi connectivity index (χ1) is 8.47. The van der Waals surface area contributed by atoms with Gasteiger partial charge in [-0.05, 0) is 29.0 Å². The first-order valence-electron chi connectivity index (χ1n) is 5.88. The number of nitrogens with one attached hydrogen (secondary N) is 1. The summed E-state index contributed by atoms with van der Waals surface area (Å²) in [6, 6.07) is 7.98. The van der Waals surface area contributed by atoms with Crippen LogP contribution in [0.4, 0.5) is 0 Å². The van der Waals surface area contributed by atoms with Crippen LogP contribution >= 0.6 is 22.7 Å². The van der Waals surface area contributed by atoms with Crippen molar-refractivity contribution in [3.05, 3.63) is 44.3 Å². The largest absolute Gasteiger partial charge is 0.346 e. The fourth-order valence-corrected chi connectivity index (χ4v) is 3.16. The van der Waals surface area contributed by atoms with Crippen molar-refractivity contribution in [2.75, 3.05) is 0 Å². The third-order valence-corrected chi connectivity index (χ3v) is 4.96. The molecule has 2 nitrogen and oxygen atoms in total. The van der Waals surface area contributed by atoms with E-state index in [1.165, 1.54) is 9.75 Å². The van der Waals surface area contributed by atoms with Crippen LogP contribution in [-0.4, -0.2) is 5.91 Å². The molecule has 1 amide bonds. The van der Waals surface area contributed by atoms with Crippen LogP contribution in [0.25, 0.3) is 0 Å². The summed E-state index contributed by atoms with van der Waals surface area (Å²) in [5.41, 5.74) is 0.108. The van der Waals surface area contributed by atoms with Crippen molar-refractivity contribution in [2.45, 2.75) is 32.7 Å². The molecule has 0 spiro atoms. The van der Waals surface area contributed by atoms with Crippen LogP contribution in [0.3, 0.4) is 0 Å². The Kier molecular flexibility index (Phi) is 3.88. The minimum atomic E-state index is 0.0175. The Hall–Kier alpha value is -1.13. The smallest absolute Gasteiger partial charge is 0.261 e. The molecule has 0 unspecified atom stereocenters. The fourth-order valence-electron chi connectivity index (χ4n) is 1.53. The molecule has 2 aromatic heterocycles. The third kappa shape index (κ3) is 3.21. The van der Waals surface area contributed by atoms with Crippen LogP contribution in [0.5, 0.6) is 0 Å². The Morgan fingerprint density at radius 1 is 1.28 bits per heavy atom. The van der Waals surface area contributed by atoms with Crippen LogP contribution in [0, 0.1) is 0 Å². The first-order valence-corrected chi connectivity index (χ1v) is 7.57. The quantitative estimate of drug-likeness (QED) is 0.902. The maximum absolute atomic E-state index is 12.0. The van der Waals surface area contributed by atoms with E-state index in [0.29, 0.717) is 6.54 Å². The number of amides is 1. The van der Waals surface area contributed by atoms with E-state index in [4.69, 9.17) is 0 Å². The molecule has 4 heteroatoms. The zero-order valence-corrected chi connectivity index (χ0v) is 12.5. The lowest BCUT2D eigenvalue weighted by Crippen LogP contribution is -2.21. The number of rotatable bonds is 3. The normalized spacial score (nSPS) is 11.5. The van der Waals surface area contributed by atoms with Crippen LogP contribution in [-0.2, 0) is 12.0 Å². The molecule has 18 heavy (non-hydrogen) atoms. The van der Waals surface area contributed by atoms with Crippen molar-refractivity contribution in [1.29, 1.82) is 0 Å². The van der Waals surface area contributed by atoms with Gasteiger partial charge in [0, 0.05) is 9.75 Å². The molecule has 0 bridgehead atoms. The highest BCUT2D eigenvalue weighted by atomic mass is 32.1. The number of thiophene rings is 2. The van der Waals surface area contributed by atoms with Gasteiger partial charge in [-0.3, -0.25) is 4.79 Å². The van der Waals surface area contributed by atoms with Crippen LogP contribution in [0.15, 0.2) is 29.6 Å². The van der Waals surface area contributed by atoms with Gasteiger partial charge in [0.1, 0.15) is 0 Å². The van der Waals surface area contributed by atoms with E-state index < -0.39 is 0 Å². The maximum atomic E-state index is 12.0. The van der Waals surface area contributed by atoms with Crippen molar-refractivity contribution in [1.82, 2.24) is 5.32 Å². The second-order valence-corrected chi connectivity index (χ2v) is 7.29. The molecule has 0 radical (unpaired) electrons. The SMILES string of the molecule is CC(C)(C)c1ccc(C(=O)NCc2cccs2)s1.